The Balaban J connectivity index is 2.61. The van der Waals surface area contributed by atoms with E-state index in [0.29, 0.717) is 6.42 Å². The van der Waals surface area contributed by atoms with E-state index in [2.05, 4.69) is 11.9 Å². The topological polar surface area (TPSA) is 49.3 Å². The maximum absolute atomic E-state index is 12.5. The lowest BCUT2D eigenvalue weighted by atomic mass is 10.1. The zero-order valence-electron chi connectivity index (χ0n) is 10.8. The zero-order valence-corrected chi connectivity index (χ0v) is 10.8. The molecule has 20 heavy (non-hydrogen) atoms. The summed E-state index contributed by atoms with van der Waals surface area (Å²) < 4.78 is 37.6. The van der Waals surface area contributed by atoms with Crippen molar-refractivity contribution in [2.24, 2.45) is 0 Å². The highest BCUT2D eigenvalue weighted by Gasteiger charge is 2.30. The summed E-state index contributed by atoms with van der Waals surface area (Å²) in [6.45, 7) is 3.34. The summed E-state index contributed by atoms with van der Waals surface area (Å²) in [4.78, 5) is 11.3. The van der Waals surface area contributed by atoms with Gasteiger partial charge in [0.1, 0.15) is 0 Å². The number of hydrogen-bond acceptors (Lipinski definition) is 2. The van der Waals surface area contributed by atoms with E-state index >= 15 is 0 Å². The molecular weight excluding hydrogens is 271 g/mol. The molecule has 1 rings (SSSR count). The lowest BCUT2D eigenvalue weighted by molar-refractivity contribution is -0.137. The van der Waals surface area contributed by atoms with Crippen LogP contribution in [0.3, 0.4) is 0 Å². The van der Waals surface area contributed by atoms with Gasteiger partial charge in [-0.25, -0.2) is 0 Å². The minimum absolute atomic E-state index is 0.115. The Labute approximate surface area is 115 Å². The van der Waals surface area contributed by atoms with E-state index in [-0.39, 0.29) is 24.4 Å². The predicted octanol–water partition coefficient (Wildman–Crippen LogP) is 2.82. The largest absolute Gasteiger partial charge is 0.416 e. The Bertz CT molecular complexity index is 472. The summed E-state index contributed by atoms with van der Waals surface area (Å²) in [5.74, 6) is -0.282. The summed E-state index contributed by atoms with van der Waals surface area (Å²) in [5.41, 5.74) is -0.712. The monoisotopic (exact) mass is 287 g/mol. The van der Waals surface area contributed by atoms with Gasteiger partial charge in [0.15, 0.2) is 0 Å². The molecule has 0 fully saturated rings. The summed E-state index contributed by atoms with van der Waals surface area (Å²) in [6.07, 6.45) is -3.30. The SMILES string of the molecule is C=CCCC(=O)NCC(O)c1cccc(C(F)(F)F)c1. The number of aliphatic hydroxyl groups is 1. The summed E-state index contributed by atoms with van der Waals surface area (Å²) in [5, 5.41) is 12.2. The van der Waals surface area contributed by atoms with Crippen molar-refractivity contribution >= 4 is 5.91 Å². The summed E-state index contributed by atoms with van der Waals surface area (Å²) in [7, 11) is 0. The predicted molar refractivity (Wildman–Crippen MR) is 68.8 cm³/mol. The Morgan fingerprint density at radius 2 is 2.15 bits per heavy atom. The molecule has 1 amide bonds. The van der Waals surface area contributed by atoms with Crippen LogP contribution in [-0.2, 0) is 11.0 Å². The lowest BCUT2D eigenvalue weighted by Gasteiger charge is -2.14. The maximum atomic E-state index is 12.5. The van der Waals surface area contributed by atoms with Crippen LogP contribution >= 0.6 is 0 Å². The van der Waals surface area contributed by atoms with Crippen molar-refractivity contribution in [3.05, 3.63) is 48.0 Å². The van der Waals surface area contributed by atoms with Crippen LogP contribution in [0.2, 0.25) is 0 Å². The number of allylic oxidation sites excluding steroid dienone is 1. The minimum Gasteiger partial charge on any atom is -0.387 e. The number of halogens is 3. The van der Waals surface area contributed by atoms with Crippen LogP contribution in [0.4, 0.5) is 13.2 Å². The van der Waals surface area contributed by atoms with Gasteiger partial charge in [-0.1, -0.05) is 18.2 Å². The molecule has 0 aliphatic carbocycles. The van der Waals surface area contributed by atoms with Crippen LogP contribution in [0.15, 0.2) is 36.9 Å². The molecule has 0 radical (unpaired) electrons. The molecule has 0 heterocycles. The van der Waals surface area contributed by atoms with Crippen LogP contribution in [0.25, 0.3) is 0 Å². The van der Waals surface area contributed by atoms with Gasteiger partial charge in [0.05, 0.1) is 11.7 Å². The number of rotatable bonds is 6. The third-order valence-corrected chi connectivity index (χ3v) is 2.67. The molecule has 2 N–H and O–H groups in total. The normalized spacial score (nSPS) is 12.8. The first-order valence-corrected chi connectivity index (χ1v) is 6.07. The molecule has 110 valence electrons. The van der Waals surface area contributed by atoms with E-state index in [1.54, 1.807) is 6.08 Å². The molecule has 1 aromatic carbocycles. The van der Waals surface area contributed by atoms with Gasteiger partial charge in [0.25, 0.3) is 0 Å². The maximum Gasteiger partial charge on any atom is 0.416 e. The molecule has 0 aliphatic heterocycles. The number of amides is 1. The minimum atomic E-state index is -4.46. The van der Waals surface area contributed by atoms with Crippen LogP contribution in [0, 0.1) is 0 Å². The highest BCUT2D eigenvalue weighted by Crippen LogP contribution is 2.30. The quantitative estimate of drug-likeness (QED) is 0.790. The number of aliphatic hydroxyl groups excluding tert-OH is 1. The molecule has 0 saturated heterocycles. The molecule has 0 aliphatic rings. The summed E-state index contributed by atoms with van der Waals surface area (Å²) in [6, 6.07) is 4.41. The molecule has 1 unspecified atom stereocenters. The Hall–Kier alpha value is -1.82. The first kappa shape index (κ1) is 16.2. The van der Waals surface area contributed by atoms with Gasteiger partial charge in [-0.15, -0.1) is 6.58 Å². The van der Waals surface area contributed by atoms with Crippen molar-refractivity contribution in [2.75, 3.05) is 6.54 Å². The fourth-order valence-corrected chi connectivity index (χ4v) is 1.57. The van der Waals surface area contributed by atoms with Crippen molar-refractivity contribution in [2.45, 2.75) is 25.1 Å². The molecule has 0 aromatic heterocycles. The molecule has 6 heteroatoms. The number of carbonyl (C=O) groups excluding carboxylic acids is 1. The van der Waals surface area contributed by atoms with E-state index in [1.807, 2.05) is 0 Å². The number of alkyl halides is 3. The highest BCUT2D eigenvalue weighted by atomic mass is 19.4. The van der Waals surface area contributed by atoms with E-state index in [1.165, 1.54) is 12.1 Å². The molecular formula is C14H16F3NO2. The Morgan fingerprint density at radius 3 is 2.75 bits per heavy atom. The third kappa shape index (κ3) is 5.05. The Morgan fingerprint density at radius 1 is 1.45 bits per heavy atom. The first-order chi connectivity index (χ1) is 9.34. The lowest BCUT2D eigenvalue weighted by Crippen LogP contribution is -2.28. The smallest absolute Gasteiger partial charge is 0.387 e. The van der Waals surface area contributed by atoms with Crippen molar-refractivity contribution in [1.82, 2.24) is 5.32 Å². The van der Waals surface area contributed by atoms with E-state index < -0.39 is 17.8 Å². The van der Waals surface area contributed by atoms with Crippen molar-refractivity contribution in [3.8, 4) is 0 Å². The Kier molecular flexibility index (Phi) is 5.76. The van der Waals surface area contributed by atoms with Crippen LogP contribution < -0.4 is 5.32 Å². The zero-order chi connectivity index (χ0) is 15.2. The van der Waals surface area contributed by atoms with Crippen LogP contribution in [0.1, 0.15) is 30.1 Å². The standard InChI is InChI=1S/C14H16F3NO2/c1-2-3-7-13(20)18-9-12(19)10-5-4-6-11(8-10)14(15,16)17/h2,4-6,8,12,19H,1,3,7,9H2,(H,18,20). The second-order valence-corrected chi connectivity index (χ2v) is 4.27. The fraction of sp³-hybridized carbons (Fsp3) is 0.357. The number of benzene rings is 1. The highest BCUT2D eigenvalue weighted by molar-refractivity contribution is 5.76. The molecule has 0 bridgehead atoms. The van der Waals surface area contributed by atoms with Crippen molar-refractivity contribution in [1.29, 1.82) is 0 Å². The molecule has 3 nitrogen and oxygen atoms in total. The number of carbonyl (C=O) groups is 1. The molecule has 0 saturated carbocycles. The van der Waals surface area contributed by atoms with Gasteiger partial charge in [-0.3, -0.25) is 4.79 Å². The number of hydrogen-bond donors (Lipinski definition) is 2. The molecule has 0 spiro atoms. The second-order valence-electron chi connectivity index (χ2n) is 4.27. The average Bonchev–Trinajstić information content (AvgIpc) is 2.41. The third-order valence-electron chi connectivity index (χ3n) is 2.67. The molecule has 1 aromatic rings. The van der Waals surface area contributed by atoms with Crippen LogP contribution in [-0.4, -0.2) is 17.6 Å². The number of nitrogens with one attached hydrogen (secondary N) is 1. The van der Waals surface area contributed by atoms with Gasteiger partial charge in [0, 0.05) is 13.0 Å². The van der Waals surface area contributed by atoms with Gasteiger partial charge < -0.3 is 10.4 Å². The summed E-state index contributed by atoms with van der Waals surface area (Å²) >= 11 is 0. The first-order valence-electron chi connectivity index (χ1n) is 6.07. The van der Waals surface area contributed by atoms with Gasteiger partial charge in [-0.2, -0.15) is 13.2 Å². The van der Waals surface area contributed by atoms with Crippen molar-refractivity contribution in [3.63, 3.8) is 0 Å². The molecule has 1 atom stereocenters. The average molecular weight is 287 g/mol. The van der Waals surface area contributed by atoms with E-state index in [0.717, 1.165) is 12.1 Å². The van der Waals surface area contributed by atoms with Crippen LogP contribution in [0.5, 0.6) is 0 Å². The van der Waals surface area contributed by atoms with Crippen molar-refractivity contribution < 1.29 is 23.1 Å². The van der Waals surface area contributed by atoms with E-state index in [4.69, 9.17) is 0 Å². The van der Waals surface area contributed by atoms with Gasteiger partial charge in [-0.05, 0) is 24.1 Å². The van der Waals surface area contributed by atoms with E-state index in [9.17, 15) is 23.1 Å². The van der Waals surface area contributed by atoms with Gasteiger partial charge in [0.2, 0.25) is 5.91 Å². The van der Waals surface area contributed by atoms with Gasteiger partial charge >= 0.3 is 6.18 Å². The second kappa shape index (κ2) is 7.09. The fourth-order valence-electron chi connectivity index (χ4n) is 1.57.